The maximum Gasteiger partial charge on any atom is 0.0991 e. The fourth-order valence-electron chi connectivity index (χ4n) is 1.84. The second-order valence-electron chi connectivity index (χ2n) is 4.31. The minimum absolute atomic E-state index is 0.510. The van der Waals surface area contributed by atoms with Crippen LogP contribution in [0.3, 0.4) is 0 Å². The number of hydrogen-bond donors (Lipinski definition) is 0. The Morgan fingerprint density at radius 2 is 1.95 bits per heavy atom. The molecule has 0 aliphatic rings. The Balaban J connectivity index is 1.93. The molecule has 20 heavy (non-hydrogen) atoms. The van der Waals surface area contributed by atoms with Crippen LogP contribution in [-0.4, -0.2) is 6.61 Å². The first kappa shape index (κ1) is 14.8. The third-order valence-electron chi connectivity index (χ3n) is 2.86. The molecule has 0 atom stereocenters. The van der Waals surface area contributed by atoms with E-state index in [2.05, 4.69) is 40.8 Å². The van der Waals surface area contributed by atoms with Gasteiger partial charge in [0, 0.05) is 0 Å². The van der Waals surface area contributed by atoms with Crippen molar-refractivity contribution in [2.24, 2.45) is 0 Å². The Bertz CT molecular complexity index is 629. The van der Waals surface area contributed by atoms with Gasteiger partial charge in [0.25, 0.3) is 0 Å². The summed E-state index contributed by atoms with van der Waals surface area (Å²) in [5.41, 5.74) is 4.01. The zero-order valence-corrected chi connectivity index (χ0v) is 13.1. The van der Waals surface area contributed by atoms with Crippen molar-refractivity contribution in [3.63, 3.8) is 0 Å². The predicted octanol–water partition coefficient (Wildman–Crippen LogP) is 4.55. The monoisotopic (exact) mass is 375 g/mol. The zero-order valence-electron chi connectivity index (χ0n) is 10.9. The van der Waals surface area contributed by atoms with Crippen molar-refractivity contribution in [1.82, 2.24) is 0 Å². The van der Waals surface area contributed by atoms with E-state index in [0.717, 1.165) is 11.1 Å². The number of ether oxygens (including phenoxy) is 1. The van der Waals surface area contributed by atoms with Gasteiger partial charge in [-0.05, 0) is 32.9 Å². The molecule has 0 saturated heterocycles. The van der Waals surface area contributed by atoms with Gasteiger partial charge in [-0.1, -0.05) is 65.1 Å². The van der Waals surface area contributed by atoms with Crippen molar-refractivity contribution in [2.45, 2.75) is 6.61 Å². The van der Waals surface area contributed by atoms with Crippen LogP contribution in [-0.2, 0) is 11.3 Å². The molecular formula is C17H14INO. The molecule has 2 nitrogen and oxygen atoms in total. The summed E-state index contributed by atoms with van der Waals surface area (Å²) in [4.78, 5) is 0. The minimum Gasteiger partial charge on any atom is -0.372 e. The van der Waals surface area contributed by atoms with Crippen molar-refractivity contribution < 1.29 is 4.74 Å². The smallest absolute Gasteiger partial charge is 0.0991 e. The Morgan fingerprint density at radius 1 is 1.15 bits per heavy atom. The average Bonchev–Trinajstić information content (AvgIpc) is 2.52. The summed E-state index contributed by atoms with van der Waals surface area (Å²) >= 11 is 2.23. The van der Waals surface area contributed by atoms with Crippen molar-refractivity contribution in [2.75, 3.05) is 6.61 Å². The highest BCUT2D eigenvalue weighted by Crippen LogP contribution is 2.17. The summed E-state index contributed by atoms with van der Waals surface area (Å²) in [6, 6.07) is 19.8. The molecule has 2 aromatic rings. The molecule has 3 heteroatoms. The molecule has 0 heterocycles. The summed E-state index contributed by atoms with van der Waals surface area (Å²) in [5.74, 6) is 0. The molecule has 0 N–H and O–H groups in total. The maximum absolute atomic E-state index is 8.86. The lowest BCUT2D eigenvalue weighted by Gasteiger charge is -2.08. The van der Waals surface area contributed by atoms with Gasteiger partial charge in [0.15, 0.2) is 0 Å². The molecule has 0 aromatic heterocycles. The van der Waals surface area contributed by atoms with Crippen LogP contribution in [0.4, 0.5) is 0 Å². The van der Waals surface area contributed by atoms with Crippen molar-refractivity contribution in [3.8, 4) is 6.07 Å². The first-order chi connectivity index (χ1) is 9.83. The fourth-order valence-corrected chi connectivity index (χ4v) is 2.38. The van der Waals surface area contributed by atoms with Gasteiger partial charge >= 0.3 is 0 Å². The molecule has 0 amide bonds. The Morgan fingerprint density at radius 3 is 2.65 bits per heavy atom. The summed E-state index contributed by atoms with van der Waals surface area (Å²) in [7, 11) is 0. The number of hydrogen-bond acceptors (Lipinski definition) is 2. The largest absolute Gasteiger partial charge is 0.372 e. The number of benzene rings is 2. The molecule has 100 valence electrons. The number of nitrogens with zero attached hydrogens (tertiary/aromatic N) is 1. The van der Waals surface area contributed by atoms with Gasteiger partial charge in [-0.3, -0.25) is 0 Å². The Hall–Kier alpha value is -1.64. The van der Waals surface area contributed by atoms with E-state index in [1.54, 1.807) is 6.07 Å². The maximum atomic E-state index is 8.86. The highest BCUT2D eigenvalue weighted by molar-refractivity contribution is 14.1. The molecule has 0 aliphatic carbocycles. The molecule has 0 radical (unpaired) electrons. The van der Waals surface area contributed by atoms with E-state index in [1.165, 1.54) is 5.56 Å². The van der Waals surface area contributed by atoms with Crippen LogP contribution < -0.4 is 0 Å². The summed E-state index contributed by atoms with van der Waals surface area (Å²) < 4.78 is 7.78. The number of rotatable bonds is 5. The van der Waals surface area contributed by atoms with Crippen LogP contribution in [0.2, 0.25) is 0 Å². The van der Waals surface area contributed by atoms with Gasteiger partial charge < -0.3 is 4.74 Å². The standard InChI is InChI=1S/C17H14INO/c18-10-17(16-7-2-1-3-8-16)13-20-12-15-6-4-5-14(9-15)11-19/h1-10H,12-13H2/b17-10+. The van der Waals surface area contributed by atoms with Crippen molar-refractivity contribution in [3.05, 3.63) is 75.4 Å². The van der Waals surface area contributed by atoms with E-state index < -0.39 is 0 Å². The number of halogens is 1. The lowest BCUT2D eigenvalue weighted by atomic mass is 10.1. The third kappa shape index (κ3) is 4.19. The van der Waals surface area contributed by atoms with Gasteiger partial charge in [-0.2, -0.15) is 5.26 Å². The normalized spacial score (nSPS) is 11.1. The van der Waals surface area contributed by atoms with Gasteiger partial charge in [-0.15, -0.1) is 0 Å². The van der Waals surface area contributed by atoms with E-state index >= 15 is 0 Å². The Labute approximate surface area is 132 Å². The van der Waals surface area contributed by atoms with Crippen LogP contribution in [0.25, 0.3) is 5.57 Å². The Kier molecular flexibility index (Phi) is 5.78. The SMILES string of the molecule is N#Cc1cccc(COC/C(=C\I)c2ccccc2)c1. The second kappa shape index (κ2) is 7.83. The van der Waals surface area contributed by atoms with E-state index in [4.69, 9.17) is 10.00 Å². The topological polar surface area (TPSA) is 33.0 Å². The minimum atomic E-state index is 0.510. The molecule has 0 fully saturated rings. The van der Waals surface area contributed by atoms with Crippen LogP contribution in [0.5, 0.6) is 0 Å². The highest BCUT2D eigenvalue weighted by Gasteiger charge is 2.01. The molecule has 0 saturated carbocycles. The average molecular weight is 375 g/mol. The quantitative estimate of drug-likeness (QED) is 0.719. The molecule has 2 rings (SSSR count). The van der Waals surface area contributed by atoms with E-state index in [-0.39, 0.29) is 0 Å². The third-order valence-corrected chi connectivity index (χ3v) is 3.61. The van der Waals surface area contributed by atoms with Gasteiger partial charge in [0.05, 0.1) is 24.8 Å². The fraction of sp³-hybridized carbons (Fsp3) is 0.118. The van der Waals surface area contributed by atoms with Crippen molar-refractivity contribution >= 4 is 28.2 Å². The lowest BCUT2D eigenvalue weighted by molar-refractivity contribution is 0.153. The summed E-state index contributed by atoms with van der Waals surface area (Å²) in [6.07, 6.45) is 0. The van der Waals surface area contributed by atoms with Crippen LogP contribution >= 0.6 is 22.6 Å². The van der Waals surface area contributed by atoms with Crippen molar-refractivity contribution in [1.29, 1.82) is 5.26 Å². The highest BCUT2D eigenvalue weighted by atomic mass is 127. The number of nitriles is 1. The van der Waals surface area contributed by atoms with Gasteiger partial charge in [0.1, 0.15) is 0 Å². The van der Waals surface area contributed by atoms with Crippen LogP contribution in [0.1, 0.15) is 16.7 Å². The van der Waals surface area contributed by atoms with E-state index in [9.17, 15) is 0 Å². The van der Waals surface area contributed by atoms with Gasteiger partial charge in [0.2, 0.25) is 0 Å². The predicted molar refractivity (Wildman–Crippen MR) is 89.3 cm³/mol. The molecule has 0 unspecified atom stereocenters. The second-order valence-corrected chi connectivity index (χ2v) is 4.93. The molecule has 0 bridgehead atoms. The van der Waals surface area contributed by atoms with E-state index in [1.807, 2.05) is 40.5 Å². The molecule has 0 spiro atoms. The van der Waals surface area contributed by atoms with Gasteiger partial charge in [-0.25, -0.2) is 0 Å². The van der Waals surface area contributed by atoms with Crippen LogP contribution in [0, 0.1) is 11.3 Å². The zero-order chi connectivity index (χ0) is 14.2. The summed E-state index contributed by atoms with van der Waals surface area (Å²) in [6.45, 7) is 1.07. The lowest BCUT2D eigenvalue weighted by Crippen LogP contribution is -1.98. The first-order valence-corrected chi connectivity index (χ1v) is 7.49. The van der Waals surface area contributed by atoms with Crippen LogP contribution in [0.15, 0.2) is 58.7 Å². The molecule has 2 aromatic carbocycles. The molecule has 0 aliphatic heterocycles. The molecular weight excluding hydrogens is 361 g/mol. The summed E-state index contributed by atoms with van der Waals surface area (Å²) in [5, 5.41) is 8.86. The van der Waals surface area contributed by atoms with E-state index in [0.29, 0.717) is 18.8 Å². The first-order valence-electron chi connectivity index (χ1n) is 6.25.